The molecule has 0 aliphatic carbocycles. The second-order valence-corrected chi connectivity index (χ2v) is 5.30. The van der Waals surface area contributed by atoms with Gasteiger partial charge in [-0.25, -0.2) is 0 Å². The van der Waals surface area contributed by atoms with Crippen LogP contribution in [0, 0.1) is 0 Å². The fourth-order valence-corrected chi connectivity index (χ4v) is 2.09. The van der Waals surface area contributed by atoms with Gasteiger partial charge in [-0.05, 0) is 6.92 Å². The Morgan fingerprint density at radius 1 is 0.556 bits per heavy atom. The second kappa shape index (κ2) is 22.0. The highest BCUT2D eigenvalue weighted by Crippen LogP contribution is 2.12. The van der Waals surface area contributed by atoms with Crippen molar-refractivity contribution in [1.29, 1.82) is 0 Å². The van der Waals surface area contributed by atoms with Crippen LogP contribution in [0.25, 0.3) is 0 Å². The summed E-state index contributed by atoms with van der Waals surface area (Å²) in [6.07, 6.45) is 20.7. The molecular weight excluding hydrogens is 216 g/mol. The van der Waals surface area contributed by atoms with Crippen LogP contribution in [-0.2, 0) is 0 Å². The molecule has 0 spiro atoms. The fourth-order valence-electron chi connectivity index (χ4n) is 2.09. The van der Waals surface area contributed by atoms with E-state index in [9.17, 15) is 0 Å². The van der Waals surface area contributed by atoms with E-state index in [1.54, 1.807) is 6.08 Å². The van der Waals surface area contributed by atoms with E-state index >= 15 is 0 Å². The van der Waals surface area contributed by atoms with E-state index in [1.165, 1.54) is 83.5 Å². The lowest BCUT2D eigenvalue weighted by atomic mass is 10.1. The van der Waals surface area contributed by atoms with Gasteiger partial charge in [-0.2, -0.15) is 0 Å². The van der Waals surface area contributed by atoms with Gasteiger partial charge in [-0.1, -0.05) is 103 Å². The lowest BCUT2D eigenvalue weighted by molar-refractivity contribution is 0.542. The highest BCUT2D eigenvalue weighted by atomic mass is 14.0. The van der Waals surface area contributed by atoms with Crippen LogP contribution in [0.5, 0.6) is 0 Å². The smallest absolute Gasteiger partial charge is 0.0473 e. The molecule has 0 bridgehead atoms. The van der Waals surface area contributed by atoms with Gasteiger partial charge in [0.05, 0.1) is 0 Å². The van der Waals surface area contributed by atoms with Crippen molar-refractivity contribution in [2.45, 2.75) is 104 Å². The summed E-state index contributed by atoms with van der Waals surface area (Å²) in [5, 5.41) is 0. The minimum atomic E-state index is 1.37. The second-order valence-electron chi connectivity index (χ2n) is 5.30. The van der Waals surface area contributed by atoms with Crippen molar-refractivity contribution < 1.29 is 0 Å². The monoisotopic (exact) mass is 254 g/mol. The number of hydrogen-bond donors (Lipinski definition) is 0. The number of allylic oxidation sites excluding steroid dienone is 1. The van der Waals surface area contributed by atoms with Crippen molar-refractivity contribution in [3.05, 3.63) is 12.7 Å². The molecule has 0 radical (unpaired) electrons. The van der Waals surface area contributed by atoms with E-state index in [4.69, 9.17) is 0 Å². The van der Waals surface area contributed by atoms with Gasteiger partial charge < -0.3 is 0 Å². The normalized spacial score (nSPS) is 9.72. The average Bonchev–Trinajstić information content (AvgIpc) is 2.37. The molecule has 0 unspecified atom stereocenters. The molecular formula is C18H38. The Balaban J connectivity index is 0. The minimum Gasteiger partial charge on any atom is -0.103 e. The zero-order valence-electron chi connectivity index (χ0n) is 13.5. The van der Waals surface area contributed by atoms with E-state index in [2.05, 4.69) is 20.4 Å². The van der Waals surface area contributed by atoms with E-state index < -0.39 is 0 Å². The van der Waals surface area contributed by atoms with Crippen molar-refractivity contribution in [3.8, 4) is 0 Å². The predicted octanol–water partition coefficient (Wildman–Crippen LogP) is 7.29. The molecule has 0 aliphatic heterocycles. The molecule has 0 heterocycles. The Morgan fingerprint density at radius 2 is 0.722 bits per heavy atom. The summed E-state index contributed by atoms with van der Waals surface area (Å²) in [7, 11) is 0. The highest BCUT2D eigenvalue weighted by molar-refractivity contribution is 4.51. The fraction of sp³-hybridized carbons (Fsp3) is 0.889. The Hall–Kier alpha value is -0.260. The van der Waals surface area contributed by atoms with Crippen LogP contribution in [-0.4, -0.2) is 0 Å². The molecule has 0 saturated carbocycles. The van der Waals surface area contributed by atoms with Crippen molar-refractivity contribution in [1.82, 2.24) is 0 Å². The molecule has 0 amide bonds. The van der Waals surface area contributed by atoms with Gasteiger partial charge in [0.15, 0.2) is 0 Å². The summed E-state index contributed by atoms with van der Waals surface area (Å²) in [5.41, 5.74) is 0. The first-order valence-electron chi connectivity index (χ1n) is 8.40. The molecule has 0 nitrogen and oxygen atoms in total. The Kier molecular flexibility index (Phi) is 24.5. The lowest BCUT2D eigenvalue weighted by Crippen LogP contribution is -1.82. The van der Waals surface area contributed by atoms with E-state index in [0.29, 0.717) is 0 Å². The van der Waals surface area contributed by atoms with E-state index in [0.717, 1.165) is 0 Å². The summed E-state index contributed by atoms with van der Waals surface area (Å²) in [4.78, 5) is 0. The third-order valence-corrected chi connectivity index (χ3v) is 3.21. The molecule has 0 aliphatic rings. The van der Waals surface area contributed by atoms with Gasteiger partial charge in [0.2, 0.25) is 0 Å². The molecule has 110 valence electrons. The Labute approximate surface area is 117 Å². The summed E-state index contributed by atoms with van der Waals surface area (Å²) in [6.45, 7) is 9.83. The third-order valence-electron chi connectivity index (χ3n) is 3.21. The van der Waals surface area contributed by atoms with Crippen LogP contribution in [0.3, 0.4) is 0 Å². The first-order valence-corrected chi connectivity index (χ1v) is 8.40. The third kappa shape index (κ3) is 24.8. The maximum atomic E-state index is 3.36. The molecule has 0 aromatic carbocycles. The molecule has 0 heteroatoms. The predicted molar refractivity (Wildman–Crippen MR) is 87.2 cm³/mol. The molecule has 0 saturated heterocycles. The Morgan fingerprint density at radius 3 is 0.889 bits per heavy atom. The standard InChI is InChI=1S/C15H32.C3H6/c1-3-5-7-9-11-13-15-14-12-10-8-6-4-2;1-3-2/h3-15H2,1-2H3;3H,1H2,2H3. The van der Waals surface area contributed by atoms with E-state index in [1.807, 2.05) is 6.92 Å². The van der Waals surface area contributed by atoms with Gasteiger partial charge >= 0.3 is 0 Å². The highest BCUT2D eigenvalue weighted by Gasteiger charge is 1.92. The molecule has 0 atom stereocenters. The van der Waals surface area contributed by atoms with Crippen molar-refractivity contribution in [2.24, 2.45) is 0 Å². The first-order chi connectivity index (χ1) is 8.83. The number of hydrogen-bond acceptors (Lipinski definition) is 0. The van der Waals surface area contributed by atoms with Crippen molar-refractivity contribution in [2.75, 3.05) is 0 Å². The van der Waals surface area contributed by atoms with Crippen molar-refractivity contribution in [3.63, 3.8) is 0 Å². The van der Waals surface area contributed by atoms with Gasteiger partial charge in [0, 0.05) is 0 Å². The van der Waals surface area contributed by atoms with Crippen LogP contribution in [0.15, 0.2) is 12.7 Å². The topological polar surface area (TPSA) is 0 Å². The first kappa shape index (κ1) is 20.1. The molecule has 0 aromatic rings. The van der Waals surface area contributed by atoms with Gasteiger partial charge in [0.25, 0.3) is 0 Å². The van der Waals surface area contributed by atoms with Gasteiger partial charge in [0.1, 0.15) is 0 Å². The van der Waals surface area contributed by atoms with Gasteiger partial charge in [-0.15, -0.1) is 6.58 Å². The number of rotatable bonds is 12. The SMILES string of the molecule is C=CC.CCCCCCCCCCCCCCC. The maximum absolute atomic E-state index is 3.36. The van der Waals surface area contributed by atoms with Crippen LogP contribution >= 0.6 is 0 Å². The zero-order valence-corrected chi connectivity index (χ0v) is 13.5. The van der Waals surface area contributed by atoms with E-state index in [-0.39, 0.29) is 0 Å². The number of unbranched alkanes of at least 4 members (excludes halogenated alkanes) is 12. The molecule has 0 rings (SSSR count). The largest absolute Gasteiger partial charge is 0.103 e. The van der Waals surface area contributed by atoms with Crippen LogP contribution in [0.2, 0.25) is 0 Å². The summed E-state index contributed by atoms with van der Waals surface area (Å²) in [6, 6.07) is 0. The summed E-state index contributed by atoms with van der Waals surface area (Å²) >= 11 is 0. The Bertz CT molecular complexity index is 114. The van der Waals surface area contributed by atoms with Crippen molar-refractivity contribution >= 4 is 0 Å². The maximum Gasteiger partial charge on any atom is -0.0473 e. The van der Waals surface area contributed by atoms with Gasteiger partial charge in [-0.3, -0.25) is 0 Å². The summed E-state index contributed by atoms with van der Waals surface area (Å²) < 4.78 is 0. The average molecular weight is 255 g/mol. The molecule has 18 heavy (non-hydrogen) atoms. The summed E-state index contributed by atoms with van der Waals surface area (Å²) in [5.74, 6) is 0. The zero-order chi connectivity index (χ0) is 13.9. The quantitative estimate of drug-likeness (QED) is 0.253. The lowest BCUT2D eigenvalue weighted by Gasteiger charge is -2.01. The minimum absolute atomic E-state index is 1.37. The van der Waals surface area contributed by atoms with Crippen LogP contribution < -0.4 is 0 Å². The molecule has 0 fully saturated rings. The molecule has 0 aromatic heterocycles. The van der Waals surface area contributed by atoms with Crippen LogP contribution in [0.1, 0.15) is 104 Å². The molecule has 0 N–H and O–H groups in total. The van der Waals surface area contributed by atoms with Crippen LogP contribution in [0.4, 0.5) is 0 Å².